The van der Waals surface area contributed by atoms with Crippen molar-refractivity contribution in [2.24, 2.45) is 0 Å². The Hall–Kier alpha value is -3.42. The summed E-state index contributed by atoms with van der Waals surface area (Å²) in [5.74, 6) is 0.782. The first-order chi connectivity index (χ1) is 12.1. The van der Waals surface area contributed by atoms with Crippen molar-refractivity contribution in [3.63, 3.8) is 0 Å². The van der Waals surface area contributed by atoms with Crippen molar-refractivity contribution >= 4 is 22.9 Å². The van der Waals surface area contributed by atoms with Crippen molar-refractivity contribution in [3.05, 3.63) is 64.3 Å². The maximum absolute atomic E-state index is 11.1. The van der Waals surface area contributed by atoms with Crippen molar-refractivity contribution < 1.29 is 10.0 Å². The second-order valence-corrected chi connectivity index (χ2v) is 5.81. The molecule has 0 unspecified atom stereocenters. The van der Waals surface area contributed by atoms with Gasteiger partial charge in [0, 0.05) is 19.2 Å². The van der Waals surface area contributed by atoms with Crippen LogP contribution in [0.3, 0.4) is 0 Å². The van der Waals surface area contributed by atoms with Crippen molar-refractivity contribution in [2.75, 3.05) is 18.0 Å². The van der Waals surface area contributed by atoms with E-state index in [-0.39, 0.29) is 11.6 Å². The number of hydrogen-bond donors (Lipinski definition) is 1. The molecule has 1 aromatic carbocycles. The van der Waals surface area contributed by atoms with Gasteiger partial charge in [0.25, 0.3) is 0 Å². The summed E-state index contributed by atoms with van der Waals surface area (Å²) < 4.78 is 1.26. The lowest BCUT2D eigenvalue weighted by molar-refractivity contribution is -0.391. The predicted octanol–water partition coefficient (Wildman–Crippen LogP) is 2.64. The fraction of sp³-hybridized carbons (Fsp3) is 0.176. The smallest absolute Gasteiger partial charge is 0.368 e. The van der Waals surface area contributed by atoms with Crippen LogP contribution in [0, 0.1) is 10.1 Å². The minimum absolute atomic E-state index is 0.144. The Balaban J connectivity index is 1.59. The van der Waals surface area contributed by atoms with Crippen LogP contribution in [0.1, 0.15) is 12.0 Å². The van der Waals surface area contributed by atoms with Crippen LogP contribution in [0.15, 0.2) is 48.7 Å². The third-order valence-corrected chi connectivity index (χ3v) is 4.29. The van der Waals surface area contributed by atoms with Gasteiger partial charge in [-0.25, -0.2) is 4.98 Å². The van der Waals surface area contributed by atoms with Crippen LogP contribution in [-0.2, 0) is 0 Å². The molecule has 0 radical (unpaired) electrons. The lowest BCUT2D eigenvalue weighted by Gasteiger charge is -2.26. The second-order valence-electron chi connectivity index (χ2n) is 5.81. The summed E-state index contributed by atoms with van der Waals surface area (Å²) in [5.41, 5.74) is 2.75. The molecule has 2 aromatic heterocycles. The maximum atomic E-state index is 11.1. The van der Waals surface area contributed by atoms with Crippen molar-refractivity contribution in [1.29, 1.82) is 0 Å². The molecule has 25 heavy (non-hydrogen) atoms. The normalized spacial score (nSPS) is 14.6. The molecule has 1 N–H and O–H groups in total. The number of rotatable bonds is 3. The number of nitrogens with zero attached hydrogens (tertiary/aromatic N) is 5. The molecule has 1 aliphatic rings. The van der Waals surface area contributed by atoms with E-state index in [2.05, 4.69) is 21.1 Å². The molecule has 8 nitrogen and oxygen atoms in total. The summed E-state index contributed by atoms with van der Waals surface area (Å²) in [6.07, 6.45) is 4.16. The van der Waals surface area contributed by atoms with Gasteiger partial charge in [0.15, 0.2) is 5.82 Å². The first-order valence-electron chi connectivity index (χ1n) is 7.84. The van der Waals surface area contributed by atoms with E-state index in [0.29, 0.717) is 18.0 Å². The quantitative estimate of drug-likeness (QED) is 0.583. The van der Waals surface area contributed by atoms with Crippen LogP contribution < -0.4 is 4.90 Å². The second kappa shape index (κ2) is 5.90. The van der Waals surface area contributed by atoms with Gasteiger partial charge < -0.3 is 20.1 Å². The Bertz CT molecular complexity index is 978. The third-order valence-electron chi connectivity index (χ3n) is 4.29. The lowest BCUT2D eigenvalue weighted by atomic mass is 9.99. The zero-order valence-corrected chi connectivity index (χ0v) is 13.2. The highest BCUT2D eigenvalue weighted by atomic mass is 16.6. The molecule has 0 amide bonds. The zero-order chi connectivity index (χ0) is 17.4. The van der Waals surface area contributed by atoms with E-state index in [1.54, 1.807) is 18.2 Å². The van der Waals surface area contributed by atoms with Gasteiger partial charge in [-0.3, -0.25) is 0 Å². The van der Waals surface area contributed by atoms with Gasteiger partial charge in [-0.2, -0.15) is 0 Å². The number of benzene rings is 1. The van der Waals surface area contributed by atoms with Gasteiger partial charge in [0.05, 0.1) is 0 Å². The van der Waals surface area contributed by atoms with E-state index in [1.807, 2.05) is 18.2 Å². The molecule has 0 atom stereocenters. The summed E-state index contributed by atoms with van der Waals surface area (Å²) in [7, 11) is 0. The molecule has 3 aromatic rings. The van der Waals surface area contributed by atoms with Crippen molar-refractivity contribution in [1.82, 2.24) is 14.6 Å². The van der Waals surface area contributed by atoms with Gasteiger partial charge in [-0.15, -0.1) is 0 Å². The zero-order valence-electron chi connectivity index (χ0n) is 13.2. The van der Waals surface area contributed by atoms with Gasteiger partial charge >= 0.3 is 5.82 Å². The van der Waals surface area contributed by atoms with E-state index >= 15 is 0 Å². The molecule has 0 spiro atoms. The number of imidazole rings is 1. The summed E-state index contributed by atoms with van der Waals surface area (Å²) in [6.45, 7) is 1.42. The molecule has 8 heteroatoms. The minimum Gasteiger partial charge on any atom is -0.508 e. The fourth-order valence-corrected chi connectivity index (χ4v) is 2.96. The number of aromatic nitrogens is 3. The topological polar surface area (TPSA) is 96.8 Å². The van der Waals surface area contributed by atoms with Crippen LogP contribution >= 0.6 is 0 Å². The molecule has 0 bridgehead atoms. The molecule has 3 heterocycles. The molecule has 0 saturated carbocycles. The fourth-order valence-electron chi connectivity index (χ4n) is 2.96. The standard InChI is InChI=1S/C17H15N5O3/c23-14-3-1-12(2-4-14)13-7-9-20(10-8-13)16-6-5-15-18-11-17(22(24)25)21(15)19-16/h1-7,11,23H,8-10H2. The number of aromatic hydroxyl groups is 1. The number of fused-ring (bicyclic) bond motifs is 1. The Kier molecular flexibility index (Phi) is 3.57. The van der Waals surface area contributed by atoms with E-state index in [1.165, 1.54) is 16.3 Å². The Morgan fingerprint density at radius 2 is 1.96 bits per heavy atom. The average molecular weight is 337 g/mol. The monoisotopic (exact) mass is 337 g/mol. The summed E-state index contributed by atoms with van der Waals surface area (Å²) in [5, 5.41) is 24.8. The molecular weight excluding hydrogens is 322 g/mol. The third kappa shape index (κ3) is 2.78. The highest BCUT2D eigenvalue weighted by Gasteiger charge is 2.20. The number of nitro groups is 1. The van der Waals surface area contributed by atoms with Crippen LogP contribution in [-0.4, -0.2) is 37.7 Å². The first-order valence-corrected chi connectivity index (χ1v) is 7.84. The number of hydrogen-bond acceptors (Lipinski definition) is 6. The average Bonchev–Trinajstić information content (AvgIpc) is 3.06. The van der Waals surface area contributed by atoms with Gasteiger partial charge in [-0.1, -0.05) is 27.8 Å². The van der Waals surface area contributed by atoms with E-state index in [0.717, 1.165) is 18.5 Å². The Labute approximate surface area is 142 Å². The van der Waals surface area contributed by atoms with Gasteiger partial charge in [-0.05, 0) is 40.7 Å². The highest BCUT2D eigenvalue weighted by molar-refractivity contribution is 5.68. The van der Waals surface area contributed by atoms with E-state index < -0.39 is 4.92 Å². The SMILES string of the molecule is O=[N+]([O-])c1cnc2ccc(N3CC=C(c4ccc(O)cc4)CC3)nn12. The highest BCUT2D eigenvalue weighted by Crippen LogP contribution is 2.26. The van der Waals surface area contributed by atoms with E-state index in [9.17, 15) is 15.2 Å². The van der Waals surface area contributed by atoms with E-state index in [4.69, 9.17) is 0 Å². The summed E-state index contributed by atoms with van der Waals surface area (Å²) in [6, 6.07) is 10.7. The van der Waals surface area contributed by atoms with Crippen molar-refractivity contribution in [2.45, 2.75) is 6.42 Å². The van der Waals surface area contributed by atoms with Crippen LogP contribution in [0.25, 0.3) is 11.2 Å². The van der Waals surface area contributed by atoms with Crippen molar-refractivity contribution in [3.8, 4) is 5.75 Å². The molecule has 0 saturated heterocycles. The number of anilines is 1. The van der Waals surface area contributed by atoms with Crippen LogP contribution in [0.2, 0.25) is 0 Å². The molecule has 0 fully saturated rings. The largest absolute Gasteiger partial charge is 0.508 e. The lowest BCUT2D eigenvalue weighted by Crippen LogP contribution is -2.29. The van der Waals surface area contributed by atoms with Gasteiger partial charge in [0.2, 0.25) is 5.65 Å². The van der Waals surface area contributed by atoms with Crippen LogP contribution in [0.5, 0.6) is 5.75 Å². The first kappa shape index (κ1) is 15.1. The minimum atomic E-state index is -0.490. The molecule has 4 rings (SSSR count). The summed E-state index contributed by atoms with van der Waals surface area (Å²) >= 11 is 0. The Morgan fingerprint density at radius 1 is 1.16 bits per heavy atom. The molecule has 1 aliphatic heterocycles. The molecule has 0 aliphatic carbocycles. The van der Waals surface area contributed by atoms with Crippen LogP contribution in [0.4, 0.5) is 11.6 Å². The predicted molar refractivity (Wildman–Crippen MR) is 92.6 cm³/mol. The van der Waals surface area contributed by atoms with Gasteiger partial charge in [0.1, 0.15) is 11.9 Å². The number of phenolic OH excluding ortho intramolecular Hbond substituents is 1. The molecular formula is C17H15N5O3. The Morgan fingerprint density at radius 3 is 2.64 bits per heavy atom. The number of phenols is 1. The maximum Gasteiger partial charge on any atom is 0.368 e. The summed E-state index contributed by atoms with van der Waals surface area (Å²) in [4.78, 5) is 16.6. The molecule has 126 valence electrons.